The molecule has 0 bridgehead atoms. The molecule has 4 heteroatoms. The van der Waals surface area contributed by atoms with Gasteiger partial charge in [0.2, 0.25) is 0 Å². The van der Waals surface area contributed by atoms with Crippen LogP contribution in [0.5, 0.6) is 0 Å². The quantitative estimate of drug-likeness (QED) is 0.370. The number of rotatable bonds is 7. The number of hydrogen-bond donors (Lipinski definition) is 3. The first-order valence-corrected chi connectivity index (χ1v) is 15.3. The zero-order valence-corrected chi connectivity index (χ0v) is 23.5. The van der Waals surface area contributed by atoms with E-state index in [0.717, 1.165) is 44.4 Å². The summed E-state index contributed by atoms with van der Waals surface area (Å²) < 4.78 is 0. The van der Waals surface area contributed by atoms with Crippen molar-refractivity contribution in [3.8, 4) is 0 Å². The maximum atomic E-state index is 11.9. The molecule has 0 aliphatic heterocycles. The van der Waals surface area contributed by atoms with E-state index in [0.29, 0.717) is 46.5 Å². The third-order valence-electron chi connectivity index (χ3n) is 12.5. The normalized spacial score (nSPS) is 43.9. The van der Waals surface area contributed by atoms with Crippen molar-refractivity contribution in [1.29, 1.82) is 0 Å². The number of aliphatic hydroxyl groups excluding tert-OH is 2. The Bertz CT molecular complexity index is 958. The average molecular weight is 511 g/mol. The van der Waals surface area contributed by atoms with E-state index in [2.05, 4.69) is 27.7 Å². The largest absolute Gasteiger partial charge is 0.478 e. The summed E-state index contributed by atoms with van der Waals surface area (Å²) >= 11 is 0. The maximum Gasteiger partial charge on any atom is 0.335 e. The molecule has 3 N–H and O–H groups in total. The van der Waals surface area contributed by atoms with Gasteiger partial charge < -0.3 is 15.3 Å². The van der Waals surface area contributed by atoms with E-state index in [1.807, 2.05) is 12.1 Å². The lowest BCUT2D eigenvalue weighted by molar-refractivity contribution is -0.203. The van der Waals surface area contributed by atoms with Gasteiger partial charge in [0, 0.05) is 0 Å². The lowest BCUT2D eigenvalue weighted by atomic mass is 9.41. The highest BCUT2D eigenvalue weighted by Crippen LogP contribution is 2.69. The molecule has 11 atom stereocenters. The van der Waals surface area contributed by atoms with E-state index < -0.39 is 5.97 Å². The molecule has 0 heterocycles. The number of benzene rings is 1. The van der Waals surface area contributed by atoms with E-state index in [4.69, 9.17) is 5.11 Å². The molecule has 4 nitrogen and oxygen atoms in total. The fourth-order valence-corrected chi connectivity index (χ4v) is 10.6. The minimum Gasteiger partial charge on any atom is -0.478 e. The number of carbonyl (C=O) groups is 1. The summed E-state index contributed by atoms with van der Waals surface area (Å²) in [5.74, 6) is 2.96. The van der Waals surface area contributed by atoms with Crippen LogP contribution in [-0.4, -0.2) is 33.5 Å². The molecule has 0 spiro atoms. The molecule has 0 amide bonds. The van der Waals surface area contributed by atoms with Crippen LogP contribution in [0.4, 0.5) is 0 Å². The summed E-state index contributed by atoms with van der Waals surface area (Å²) in [6.45, 7) is 9.81. The van der Waals surface area contributed by atoms with Crippen molar-refractivity contribution in [2.24, 2.45) is 52.3 Å². The van der Waals surface area contributed by atoms with Crippen LogP contribution in [0.25, 0.3) is 0 Å². The Hall–Kier alpha value is -1.39. The SMILES string of the molecule is CC[C@@H]1C2C[C@H](O)CC[C@]2(C)C2CC[C@@]3(C)C(CC[C@@H]3[C@H](C)CCCc3ccc(C(=O)O)cc3)C2[C@@H]1O. The Morgan fingerprint density at radius 2 is 1.65 bits per heavy atom. The van der Waals surface area contributed by atoms with E-state index >= 15 is 0 Å². The summed E-state index contributed by atoms with van der Waals surface area (Å²) in [4.78, 5) is 11.1. The van der Waals surface area contributed by atoms with E-state index in [-0.39, 0.29) is 17.6 Å². The molecule has 4 aliphatic carbocycles. The van der Waals surface area contributed by atoms with Crippen LogP contribution >= 0.6 is 0 Å². The van der Waals surface area contributed by atoms with Crippen molar-refractivity contribution in [3.63, 3.8) is 0 Å². The van der Waals surface area contributed by atoms with E-state index in [9.17, 15) is 15.0 Å². The molecular formula is C33H50O4. The molecule has 1 aromatic rings. The van der Waals surface area contributed by atoms with E-state index in [1.54, 1.807) is 12.1 Å². The first-order valence-electron chi connectivity index (χ1n) is 15.3. The molecule has 4 unspecified atom stereocenters. The standard InChI is InChI=1S/C33H50O4/c1-5-24-28-19-23(34)15-17-33(28,4)27-16-18-32(3)25(13-14-26(32)29(27)30(24)35)20(2)7-6-8-21-9-11-22(12-10-21)31(36)37/h9-12,20,23-30,34-35H,5-8,13-19H2,1-4H3,(H,36,37)/t20-,23-,24-,25-,26?,27?,28?,29?,30-,32-,33-/m1/s1. The number of carboxylic acids is 1. The Kier molecular flexibility index (Phi) is 7.57. The molecule has 0 aromatic heterocycles. The van der Waals surface area contributed by atoms with Gasteiger partial charge in [-0.3, -0.25) is 0 Å². The van der Waals surface area contributed by atoms with Crippen LogP contribution in [-0.2, 0) is 6.42 Å². The van der Waals surface area contributed by atoms with E-state index in [1.165, 1.54) is 37.7 Å². The molecule has 4 fully saturated rings. The minimum absolute atomic E-state index is 0.184. The van der Waals surface area contributed by atoms with Gasteiger partial charge in [-0.25, -0.2) is 4.79 Å². The molecule has 5 rings (SSSR count). The van der Waals surface area contributed by atoms with Crippen LogP contribution < -0.4 is 0 Å². The molecule has 1 aromatic carbocycles. The second-order valence-electron chi connectivity index (χ2n) is 14.0. The van der Waals surface area contributed by atoms with Crippen molar-refractivity contribution in [1.82, 2.24) is 0 Å². The fourth-order valence-electron chi connectivity index (χ4n) is 10.6. The van der Waals surface area contributed by atoms with Crippen LogP contribution in [0.1, 0.15) is 108 Å². The number of aryl methyl sites for hydroxylation is 1. The first-order chi connectivity index (χ1) is 17.6. The topological polar surface area (TPSA) is 77.8 Å². The Morgan fingerprint density at radius 3 is 2.32 bits per heavy atom. The van der Waals surface area contributed by atoms with Gasteiger partial charge in [0.05, 0.1) is 17.8 Å². The predicted molar refractivity (Wildman–Crippen MR) is 147 cm³/mol. The van der Waals surface area contributed by atoms with Crippen LogP contribution in [0.15, 0.2) is 24.3 Å². The zero-order chi connectivity index (χ0) is 26.5. The summed E-state index contributed by atoms with van der Waals surface area (Å²) in [5, 5.41) is 31.5. The van der Waals surface area contributed by atoms with Gasteiger partial charge in [-0.15, -0.1) is 0 Å². The monoisotopic (exact) mass is 510 g/mol. The molecule has 0 saturated heterocycles. The number of carboxylic acid groups (broad SMARTS) is 1. The molecule has 37 heavy (non-hydrogen) atoms. The molecule has 0 radical (unpaired) electrons. The summed E-state index contributed by atoms with van der Waals surface area (Å²) in [6.07, 6.45) is 12.0. The zero-order valence-electron chi connectivity index (χ0n) is 23.5. The van der Waals surface area contributed by atoms with Gasteiger partial charge in [0.25, 0.3) is 0 Å². The molecule has 4 saturated carbocycles. The van der Waals surface area contributed by atoms with Crippen LogP contribution in [0, 0.1) is 52.3 Å². The van der Waals surface area contributed by atoms with Gasteiger partial charge in [0.15, 0.2) is 0 Å². The Labute approximate surface area is 224 Å². The number of aromatic carboxylic acids is 1. The molecule has 4 aliphatic rings. The lowest BCUT2D eigenvalue weighted by Crippen LogP contribution is -2.62. The maximum absolute atomic E-state index is 11.9. The van der Waals surface area contributed by atoms with Crippen molar-refractivity contribution >= 4 is 5.97 Å². The Balaban J connectivity index is 1.27. The summed E-state index contributed by atoms with van der Waals surface area (Å²) in [6, 6.07) is 7.38. The van der Waals surface area contributed by atoms with Crippen molar-refractivity contribution in [3.05, 3.63) is 35.4 Å². The molecule has 206 valence electrons. The van der Waals surface area contributed by atoms with Crippen LogP contribution in [0.3, 0.4) is 0 Å². The Morgan fingerprint density at radius 1 is 0.973 bits per heavy atom. The van der Waals surface area contributed by atoms with Gasteiger partial charge >= 0.3 is 5.97 Å². The highest BCUT2D eigenvalue weighted by atomic mass is 16.4. The third kappa shape index (κ3) is 4.58. The number of fused-ring (bicyclic) bond motifs is 5. The van der Waals surface area contributed by atoms with Crippen molar-refractivity contribution < 1.29 is 20.1 Å². The second-order valence-corrected chi connectivity index (χ2v) is 14.0. The van der Waals surface area contributed by atoms with Gasteiger partial charge in [-0.1, -0.05) is 52.7 Å². The smallest absolute Gasteiger partial charge is 0.335 e. The summed E-state index contributed by atoms with van der Waals surface area (Å²) in [7, 11) is 0. The van der Waals surface area contributed by atoms with Crippen molar-refractivity contribution in [2.75, 3.05) is 0 Å². The average Bonchev–Trinajstić information content (AvgIpc) is 3.23. The highest BCUT2D eigenvalue weighted by Gasteiger charge is 2.64. The third-order valence-corrected chi connectivity index (χ3v) is 12.5. The number of hydrogen-bond acceptors (Lipinski definition) is 3. The fraction of sp³-hybridized carbons (Fsp3) is 0.788. The highest BCUT2D eigenvalue weighted by molar-refractivity contribution is 5.87. The summed E-state index contributed by atoms with van der Waals surface area (Å²) in [5.41, 5.74) is 2.17. The van der Waals surface area contributed by atoms with Crippen LogP contribution in [0.2, 0.25) is 0 Å². The van der Waals surface area contributed by atoms with Gasteiger partial charge in [0.1, 0.15) is 0 Å². The van der Waals surface area contributed by atoms with Gasteiger partial charge in [-0.05, 0) is 128 Å². The van der Waals surface area contributed by atoms with Crippen molar-refractivity contribution in [2.45, 2.75) is 111 Å². The van der Waals surface area contributed by atoms with Gasteiger partial charge in [-0.2, -0.15) is 0 Å². The predicted octanol–water partition coefficient (Wildman–Crippen LogP) is 6.97. The molecular weight excluding hydrogens is 460 g/mol. The lowest BCUT2D eigenvalue weighted by Gasteiger charge is -2.64. The second kappa shape index (κ2) is 10.3. The first kappa shape index (κ1) is 27.2. The number of aliphatic hydroxyl groups is 2. The minimum atomic E-state index is -0.863.